The lowest BCUT2D eigenvalue weighted by molar-refractivity contribution is 0.294. The Morgan fingerprint density at radius 3 is 2.86 bits per heavy atom. The molecular formula is C8H15NO3S2. The predicted octanol–water partition coefficient (Wildman–Crippen LogP) is 0.475. The van der Waals surface area contributed by atoms with Gasteiger partial charge in [0.15, 0.2) is 9.84 Å². The molecule has 1 atom stereocenters. The van der Waals surface area contributed by atoms with Gasteiger partial charge in [0.2, 0.25) is 0 Å². The molecule has 0 aromatic rings. The van der Waals surface area contributed by atoms with E-state index in [1.165, 1.54) is 0 Å². The van der Waals surface area contributed by atoms with Crippen LogP contribution < -0.4 is 5.32 Å². The van der Waals surface area contributed by atoms with Gasteiger partial charge in [-0.05, 0) is 25.1 Å². The predicted molar refractivity (Wildman–Crippen MR) is 59.0 cm³/mol. The van der Waals surface area contributed by atoms with Crippen LogP contribution in [0.15, 0.2) is 0 Å². The molecule has 6 heteroatoms. The number of thiocarbonyl (C=S) groups is 1. The highest BCUT2D eigenvalue weighted by Crippen LogP contribution is 2.11. The molecule has 0 amide bonds. The third-order valence-corrected chi connectivity index (χ3v) is 4.00. The first-order valence-electron chi connectivity index (χ1n) is 4.67. The van der Waals surface area contributed by atoms with Gasteiger partial charge in [-0.3, -0.25) is 0 Å². The molecule has 1 heterocycles. The molecular weight excluding hydrogens is 222 g/mol. The van der Waals surface area contributed by atoms with Crippen LogP contribution in [0.1, 0.15) is 19.8 Å². The molecule has 0 saturated carbocycles. The zero-order chi connectivity index (χ0) is 10.6. The summed E-state index contributed by atoms with van der Waals surface area (Å²) in [5.74, 6) is 0.420. The van der Waals surface area contributed by atoms with Gasteiger partial charge in [0, 0.05) is 6.04 Å². The van der Waals surface area contributed by atoms with Crippen LogP contribution in [0, 0.1) is 0 Å². The molecule has 4 nitrogen and oxygen atoms in total. The molecule has 1 unspecified atom stereocenters. The van der Waals surface area contributed by atoms with Crippen LogP contribution in [0.5, 0.6) is 0 Å². The van der Waals surface area contributed by atoms with Crippen molar-refractivity contribution in [3.8, 4) is 0 Å². The molecule has 1 fully saturated rings. The molecule has 0 bridgehead atoms. The number of hydrogen-bond acceptors (Lipinski definition) is 4. The van der Waals surface area contributed by atoms with Crippen LogP contribution in [0.4, 0.5) is 0 Å². The lowest BCUT2D eigenvalue weighted by Gasteiger charge is -2.13. The van der Waals surface area contributed by atoms with Gasteiger partial charge in [-0.2, -0.15) is 0 Å². The van der Waals surface area contributed by atoms with Crippen LogP contribution in [-0.4, -0.2) is 37.7 Å². The van der Waals surface area contributed by atoms with Crippen LogP contribution in [0.25, 0.3) is 0 Å². The maximum absolute atomic E-state index is 11.1. The molecule has 0 aromatic heterocycles. The van der Waals surface area contributed by atoms with Gasteiger partial charge >= 0.3 is 0 Å². The minimum Gasteiger partial charge on any atom is -0.471 e. The van der Waals surface area contributed by atoms with E-state index >= 15 is 0 Å². The van der Waals surface area contributed by atoms with E-state index in [0.29, 0.717) is 18.2 Å². The molecule has 1 N–H and O–H groups in total. The minimum absolute atomic E-state index is 0.0654. The van der Waals surface area contributed by atoms with E-state index in [2.05, 4.69) is 5.32 Å². The van der Waals surface area contributed by atoms with Gasteiger partial charge in [-0.15, -0.1) is 0 Å². The SMILES string of the molecule is CCCOC(=S)NC1CCS(=O)(=O)C1. The fourth-order valence-electron chi connectivity index (χ4n) is 1.31. The quantitative estimate of drug-likeness (QED) is 0.723. The largest absolute Gasteiger partial charge is 0.471 e. The molecule has 1 rings (SSSR count). The maximum Gasteiger partial charge on any atom is 0.256 e. The van der Waals surface area contributed by atoms with Crippen LogP contribution in [0.3, 0.4) is 0 Å². The molecule has 82 valence electrons. The second kappa shape index (κ2) is 4.93. The van der Waals surface area contributed by atoms with Gasteiger partial charge in [0.05, 0.1) is 18.1 Å². The van der Waals surface area contributed by atoms with Crippen LogP contribution >= 0.6 is 12.2 Å². The summed E-state index contributed by atoms with van der Waals surface area (Å²) in [7, 11) is -2.84. The number of ether oxygens (including phenoxy) is 1. The Labute approximate surface area is 89.9 Å². The minimum atomic E-state index is -2.84. The topological polar surface area (TPSA) is 55.4 Å². The van der Waals surface area contributed by atoms with E-state index in [1.54, 1.807) is 0 Å². The fraction of sp³-hybridized carbons (Fsp3) is 0.875. The first kappa shape index (κ1) is 11.7. The number of sulfone groups is 1. The summed E-state index contributed by atoms with van der Waals surface area (Å²) in [6, 6.07) is -0.0654. The van der Waals surface area contributed by atoms with Crippen molar-refractivity contribution >= 4 is 27.2 Å². The van der Waals surface area contributed by atoms with E-state index in [9.17, 15) is 8.42 Å². The van der Waals surface area contributed by atoms with E-state index in [0.717, 1.165) is 6.42 Å². The van der Waals surface area contributed by atoms with Crippen molar-refractivity contribution in [2.75, 3.05) is 18.1 Å². The molecule has 0 spiro atoms. The first-order valence-corrected chi connectivity index (χ1v) is 6.90. The Morgan fingerprint density at radius 1 is 1.64 bits per heavy atom. The number of nitrogens with one attached hydrogen (secondary N) is 1. The Bertz CT molecular complexity index is 300. The summed E-state index contributed by atoms with van der Waals surface area (Å²) in [5, 5.41) is 3.21. The van der Waals surface area contributed by atoms with E-state index < -0.39 is 9.84 Å². The van der Waals surface area contributed by atoms with Crippen molar-refractivity contribution in [2.24, 2.45) is 0 Å². The lowest BCUT2D eigenvalue weighted by Crippen LogP contribution is -2.35. The third-order valence-electron chi connectivity index (χ3n) is 1.99. The average Bonchev–Trinajstić information content (AvgIpc) is 2.42. The second-order valence-corrected chi connectivity index (χ2v) is 5.98. The summed E-state index contributed by atoms with van der Waals surface area (Å²) in [4.78, 5) is 0. The van der Waals surface area contributed by atoms with Gasteiger partial charge in [-0.25, -0.2) is 8.42 Å². The third kappa shape index (κ3) is 3.79. The first-order chi connectivity index (χ1) is 6.53. The summed E-state index contributed by atoms with van der Waals surface area (Å²) in [6.07, 6.45) is 1.52. The van der Waals surface area contributed by atoms with Crippen LogP contribution in [-0.2, 0) is 14.6 Å². The maximum atomic E-state index is 11.1. The van der Waals surface area contributed by atoms with Crippen molar-refractivity contribution in [3.05, 3.63) is 0 Å². The zero-order valence-electron chi connectivity index (χ0n) is 8.15. The zero-order valence-corrected chi connectivity index (χ0v) is 9.79. The highest BCUT2D eigenvalue weighted by Gasteiger charge is 2.28. The molecule has 0 radical (unpaired) electrons. The van der Waals surface area contributed by atoms with E-state index in [4.69, 9.17) is 17.0 Å². The standard InChI is InChI=1S/C8H15NO3S2/c1-2-4-12-8(13)9-7-3-5-14(10,11)6-7/h7H,2-6H2,1H3,(H,9,13). The number of rotatable bonds is 3. The van der Waals surface area contributed by atoms with Crippen LogP contribution in [0.2, 0.25) is 0 Å². The Balaban J connectivity index is 2.29. The lowest BCUT2D eigenvalue weighted by atomic mass is 10.3. The molecule has 0 aromatic carbocycles. The van der Waals surface area contributed by atoms with E-state index in [1.807, 2.05) is 6.92 Å². The van der Waals surface area contributed by atoms with Crippen molar-refractivity contribution < 1.29 is 13.2 Å². The van der Waals surface area contributed by atoms with Gasteiger partial charge in [0.25, 0.3) is 5.17 Å². The van der Waals surface area contributed by atoms with E-state index in [-0.39, 0.29) is 17.5 Å². The second-order valence-electron chi connectivity index (χ2n) is 3.38. The Morgan fingerprint density at radius 2 is 2.36 bits per heavy atom. The fourth-order valence-corrected chi connectivity index (χ4v) is 3.24. The summed E-state index contributed by atoms with van der Waals surface area (Å²) in [6.45, 7) is 2.56. The smallest absolute Gasteiger partial charge is 0.256 e. The average molecular weight is 237 g/mol. The summed E-state index contributed by atoms with van der Waals surface area (Å²) in [5.41, 5.74) is 0. The van der Waals surface area contributed by atoms with Gasteiger partial charge < -0.3 is 10.1 Å². The monoisotopic (exact) mass is 237 g/mol. The Hall–Kier alpha value is -0.360. The molecule has 1 aliphatic rings. The normalized spacial score (nSPS) is 24.5. The summed E-state index contributed by atoms with van der Waals surface area (Å²) < 4.78 is 27.4. The van der Waals surface area contributed by atoms with Crippen molar-refractivity contribution in [3.63, 3.8) is 0 Å². The van der Waals surface area contributed by atoms with Gasteiger partial charge in [-0.1, -0.05) is 6.92 Å². The molecule has 1 saturated heterocycles. The molecule has 0 aliphatic carbocycles. The molecule has 1 aliphatic heterocycles. The van der Waals surface area contributed by atoms with Crippen molar-refractivity contribution in [2.45, 2.75) is 25.8 Å². The highest BCUT2D eigenvalue weighted by molar-refractivity contribution is 7.91. The Kier molecular flexibility index (Phi) is 4.12. The molecule has 14 heavy (non-hydrogen) atoms. The summed E-state index contributed by atoms with van der Waals surface area (Å²) >= 11 is 4.90. The van der Waals surface area contributed by atoms with Crippen molar-refractivity contribution in [1.29, 1.82) is 0 Å². The van der Waals surface area contributed by atoms with Gasteiger partial charge in [0.1, 0.15) is 0 Å². The van der Waals surface area contributed by atoms with Crippen molar-refractivity contribution in [1.82, 2.24) is 5.32 Å². The highest BCUT2D eigenvalue weighted by atomic mass is 32.2. The number of hydrogen-bond donors (Lipinski definition) is 1.